The maximum Gasteiger partial charge on any atom is 0.341 e. The van der Waals surface area contributed by atoms with E-state index in [9.17, 15) is 18.0 Å². The molecule has 3 rings (SSSR count). The third-order valence-corrected chi connectivity index (χ3v) is 9.28. The minimum Gasteiger partial charge on any atom is -0.465 e. The zero-order chi connectivity index (χ0) is 25.0. The monoisotopic (exact) mass is 508 g/mol. The van der Waals surface area contributed by atoms with Crippen LogP contribution in [0.25, 0.3) is 0 Å². The molecule has 0 bridgehead atoms. The van der Waals surface area contributed by atoms with Crippen LogP contribution in [0.4, 0.5) is 5.00 Å². The first-order valence-corrected chi connectivity index (χ1v) is 13.8. The fourth-order valence-corrected chi connectivity index (χ4v) is 6.53. The van der Waals surface area contributed by atoms with E-state index in [-0.39, 0.29) is 4.90 Å². The number of ether oxygens (including phenoxy) is 1. The molecule has 2 aromatic rings. The number of carbonyl (C=O) groups excluding carboxylic acids is 2. The van der Waals surface area contributed by atoms with Crippen molar-refractivity contribution in [3.63, 3.8) is 0 Å². The number of hydrogen-bond acceptors (Lipinski definition) is 6. The molecule has 1 amide bonds. The predicted molar refractivity (Wildman–Crippen MR) is 133 cm³/mol. The minimum absolute atomic E-state index is 0.140. The van der Waals surface area contributed by atoms with Crippen LogP contribution in [0.5, 0.6) is 0 Å². The van der Waals surface area contributed by atoms with Gasteiger partial charge in [-0.3, -0.25) is 4.79 Å². The quantitative estimate of drug-likeness (QED) is 0.508. The molecule has 10 heteroatoms. The number of thiophene rings is 1. The van der Waals surface area contributed by atoms with Crippen LogP contribution in [0.1, 0.15) is 64.8 Å². The standard InChI is InChI=1S/C24H33N3O5S2/c1-6-7-13-26(4)34(30,31)18-10-8-17(9-11-18)22(28)25-23-21(24(29)32-5)19-12-14-27(16(2)3)15-20(19)33-23/h8-11,16H,6-7,12-15H2,1-5H3,(H,25,28)/p+1. The molecule has 1 aliphatic rings. The van der Waals surface area contributed by atoms with Gasteiger partial charge < -0.3 is 15.0 Å². The third-order valence-electron chi connectivity index (χ3n) is 6.26. The Morgan fingerprint density at radius 3 is 2.50 bits per heavy atom. The second kappa shape index (κ2) is 11.0. The van der Waals surface area contributed by atoms with Crippen molar-refractivity contribution >= 4 is 38.2 Å². The van der Waals surface area contributed by atoms with Crippen molar-refractivity contribution in [3.8, 4) is 0 Å². The van der Waals surface area contributed by atoms with Gasteiger partial charge in [0.05, 0.1) is 35.0 Å². The number of unbranched alkanes of at least 4 members (excludes halogenated alkanes) is 1. The Morgan fingerprint density at radius 1 is 1.24 bits per heavy atom. The van der Waals surface area contributed by atoms with Gasteiger partial charge in [-0.1, -0.05) is 13.3 Å². The summed E-state index contributed by atoms with van der Waals surface area (Å²) in [4.78, 5) is 28.2. The Kier molecular flexibility index (Phi) is 8.51. The van der Waals surface area contributed by atoms with E-state index in [2.05, 4.69) is 19.2 Å². The summed E-state index contributed by atoms with van der Waals surface area (Å²) >= 11 is 1.41. The number of hydrogen-bond donors (Lipinski definition) is 2. The van der Waals surface area contributed by atoms with Crippen molar-refractivity contribution in [3.05, 3.63) is 45.8 Å². The molecule has 1 aromatic carbocycles. The SMILES string of the molecule is CCCCN(C)S(=O)(=O)c1ccc(C(=O)Nc2sc3c(c2C(=O)OC)CC[NH+](C(C)C)C3)cc1. The van der Waals surface area contributed by atoms with Crippen LogP contribution in [-0.4, -0.2) is 57.9 Å². The Balaban J connectivity index is 1.82. The van der Waals surface area contributed by atoms with Gasteiger partial charge in [0, 0.05) is 25.6 Å². The zero-order valence-corrected chi connectivity index (χ0v) is 22.1. The number of amides is 1. The average Bonchev–Trinajstić information content (AvgIpc) is 3.18. The van der Waals surface area contributed by atoms with E-state index in [1.165, 1.54) is 51.9 Å². The zero-order valence-electron chi connectivity index (χ0n) is 20.4. The number of fused-ring (bicyclic) bond motifs is 1. The number of nitrogens with zero attached hydrogens (tertiary/aromatic N) is 1. The highest BCUT2D eigenvalue weighted by atomic mass is 32.2. The van der Waals surface area contributed by atoms with Gasteiger partial charge in [0.2, 0.25) is 10.0 Å². The molecule has 0 saturated carbocycles. The van der Waals surface area contributed by atoms with Crippen LogP contribution in [0, 0.1) is 0 Å². The normalized spacial score (nSPS) is 15.9. The van der Waals surface area contributed by atoms with Gasteiger partial charge in [0.25, 0.3) is 5.91 Å². The number of benzene rings is 1. The Morgan fingerprint density at radius 2 is 1.91 bits per heavy atom. The smallest absolute Gasteiger partial charge is 0.341 e. The Labute approximate surface area is 205 Å². The molecule has 0 radical (unpaired) electrons. The average molecular weight is 509 g/mol. The lowest BCUT2D eigenvalue weighted by atomic mass is 10.0. The molecule has 1 aliphatic heterocycles. The largest absolute Gasteiger partial charge is 0.465 e. The first-order chi connectivity index (χ1) is 16.1. The molecule has 34 heavy (non-hydrogen) atoms. The molecule has 186 valence electrons. The van der Waals surface area contributed by atoms with Gasteiger partial charge >= 0.3 is 5.97 Å². The van der Waals surface area contributed by atoms with E-state index in [4.69, 9.17) is 4.74 Å². The molecule has 2 N–H and O–H groups in total. The van der Waals surface area contributed by atoms with Crippen LogP contribution in [-0.2, 0) is 27.7 Å². The van der Waals surface area contributed by atoms with Crippen molar-refractivity contribution < 1.29 is 27.6 Å². The maximum atomic E-state index is 13.0. The minimum atomic E-state index is -3.61. The van der Waals surface area contributed by atoms with Gasteiger partial charge in [0.15, 0.2) is 0 Å². The highest BCUT2D eigenvalue weighted by molar-refractivity contribution is 7.89. The van der Waals surface area contributed by atoms with Gasteiger partial charge in [-0.15, -0.1) is 11.3 Å². The second-order valence-electron chi connectivity index (χ2n) is 8.85. The molecule has 0 saturated heterocycles. The summed E-state index contributed by atoms with van der Waals surface area (Å²) in [6.07, 6.45) is 2.42. The molecule has 1 unspecified atom stereocenters. The number of quaternary nitrogens is 1. The summed E-state index contributed by atoms with van der Waals surface area (Å²) in [6.45, 7) is 8.50. The highest BCUT2D eigenvalue weighted by Crippen LogP contribution is 2.35. The lowest BCUT2D eigenvalue weighted by molar-refractivity contribution is -0.936. The number of carbonyl (C=O) groups is 2. The van der Waals surface area contributed by atoms with Crippen LogP contribution in [0.3, 0.4) is 0 Å². The first-order valence-electron chi connectivity index (χ1n) is 11.5. The summed E-state index contributed by atoms with van der Waals surface area (Å²) in [5.41, 5.74) is 1.69. The topological polar surface area (TPSA) is 97.2 Å². The fraction of sp³-hybridized carbons (Fsp3) is 0.500. The Bertz CT molecular complexity index is 1140. The second-order valence-corrected chi connectivity index (χ2v) is 12.0. The highest BCUT2D eigenvalue weighted by Gasteiger charge is 2.32. The summed E-state index contributed by atoms with van der Waals surface area (Å²) in [7, 11) is -0.716. The van der Waals surface area contributed by atoms with Crippen LogP contribution < -0.4 is 10.2 Å². The lowest BCUT2D eigenvalue weighted by Crippen LogP contribution is -3.14. The van der Waals surface area contributed by atoms with E-state index < -0.39 is 21.9 Å². The van der Waals surface area contributed by atoms with E-state index in [1.54, 1.807) is 7.05 Å². The van der Waals surface area contributed by atoms with Crippen molar-refractivity contribution in [1.82, 2.24) is 4.31 Å². The van der Waals surface area contributed by atoms with E-state index >= 15 is 0 Å². The maximum absolute atomic E-state index is 13.0. The molecular formula is C24H34N3O5S2+. The van der Waals surface area contributed by atoms with Gasteiger partial charge in [0.1, 0.15) is 11.5 Å². The molecular weight excluding hydrogens is 474 g/mol. The summed E-state index contributed by atoms with van der Waals surface area (Å²) in [5.74, 6) is -0.863. The van der Waals surface area contributed by atoms with E-state index in [0.29, 0.717) is 28.7 Å². The van der Waals surface area contributed by atoms with Crippen molar-refractivity contribution in [2.45, 2.75) is 57.5 Å². The molecule has 8 nitrogen and oxygen atoms in total. The van der Waals surface area contributed by atoms with Gasteiger partial charge in [-0.2, -0.15) is 0 Å². The number of rotatable bonds is 9. The summed E-state index contributed by atoms with van der Waals surface area (Å²) in [5, 5.41) is 3.34. The molecule has 0 spiro atoms. The van der Waals surface area contributed by atoms with Gasteiger partial charge in [-0.05, 0) is 50.1 Å². The molecule has 0 fully saturated rings. The summed E-state index contributed by atoms with van der Waals surface area (Å²) < 4.78 is 31.8. The van der Waals surface area contributed by atoms with Crippen molar-refractivity contribution in [1.29, 1.82) is 0 Å². The van der Waals surface area contributed by atoms with Gasteiger partial charge in [-0.25, -0.2) is 17.5 Å². The third kappa shape index (κ3) is 5.51. The van der Waals surface area contributed by atoms with Crippen LogP contribution >= 0.6 is 11.3 Å². The molecule has 2 heterocycles. The van der Waals surface area contributed by atoms with Crippen LogP contribution in [0.2, 0.25) is 0 Å². The Hall–Kier alpha value is -2.27. The van der Waals surface area contributed by atoms with Crippen molar-refractivity contribution in [2.75, 3.05) is 32.6 Å². The van der Waals surface area contributed by atoms with Crippen LogP contribution in [0.15, 0.2) is 29.2 Å². The fourth-order valence-electron chi connectivity index (χ4n) is 4.03. The number of nitrogens with one attached hydrogen (secondary N) is 2. The number of sulfonamides is 1. The molecule has 0 aliphatic carbocycles. The number of esters is 1. The van der Waals surface area contributed by atoms with Crippen molar-refractivity contribution in [2.24, 2.45) is 0 Å². The predicted octanol–water partition coefficient (Wildman–Crippen LogP) is 2.56. The first kappa shape index (κ1) is 26.3. The van der Waals surface area contributed by atoms with E-state index in [0.717, 1.165) is 42.8 Å². The molecule has 1 atom stereocenters. The molecule has 1 aromatic heterocycles. The summed E-state index contributed by atoms with van der Waals surface area (Å²) in [6, 6.07) is 6.33. The number of anilines is 1. The van der Waals surface area contributed by atoms with E-state index in [1.807, 2.05) is 6.92 Å². The lowest BCUT2D eigenvalue weighted by Gasteiger charge is -2.27. The number of methoxy groups -OCH3 is 1.